The van der Waals surface area contributed by atoms with Crippen LogP contribution in [0.1, 0.15) is 84.0 Å². The third-order valence-corrected chi connectivity index (χ3v) is 4.17. The van der Waals surface area contributed by atoms with Crippen molar-refractivity contribution in [2.75, 3.05) is 0 Å². The first kappa shape index (κ1) is 16.5. The summed E-state index contributed by atoms with van der Waals surface area (Å²) in [4.78, 5) is 11.9. The van der Waals surface area contributed by atoms with Crippen molar-refractivity contribution in [3.63, 3.8) is 0 Å². The number of hydrogen-bond acceptors (Lipinski definition) is 2. The van der Waals surface area contributed by atoms with Gasteiger partial charge in [-0.25, -0.2) is 0 Å². The molecule has 19 heavy (non-hydrogen) atoms. The number of unbranched alkanes of at least 4 members (excludes halogenated alkanes) is 5. The van der Waals surface area contributed by atoms with Crippen LogP contribution in [0.25, 0.3) is 0 Å². The van der Waals surface area contributed by atoms with Crippen LogP contribution in [-0.4, -0.2) is 18.0 Å². The number of hydrogen-bond donors (Lipinski definition) is 2. The van der Waals surface area contributed by atoms with E-state index in [0.717, 1.165) is 19.3 Å². The van der Waals surface area contributed by atoms with E-state index in [1.165, 1.54) is 51.4 Å². The third-order valence-electron chi connectivity index (χ3n) is 4.17. The van der Waals surface area contributed by atoms with Gasteiger partial charge in [0.2, 0.25) is 5.91 Å². The fourth-order valence-electron chi connectivity index (χ4n) is 2.86. The van der Waals surface area contributed by atoms with Crippen molar-refractivity contribution < 1.29 is 4.79 Å². The van der Waals surface area contributed by atoms with Gasteiger partial charge in [-0.1, -0.05) is 58.3 Å². The Hall–Kier alpha value is -0.570. The van der Waals surface area contributed by atoms with Crippen LogP contribution in [-0.2, 0) is 4.79 Å². The highest BCUT2D eigenvalue weighted by atomic mass is 16.1. The standard InChI is InChI=1S/C16H32N2O/c1-2-3-4-5-6-10-13-16(19)18-15-12-9-7-8-11-14(15)17/h14-15H,2-13,17H2,1H3,(H,18,19). The second kappa shape index (κ2) is 10.2. The Morgan fingerprint density at radius 1 is 1.05 bits per heavy atom. The predicted octanol–water partition coefficient (Wildman–Crippen LogP) is 3.51. The van der Waals surface area contributed by atoms with Gasteiger partial charge >= 0.3 is 0 Å². The molecule has 3 N–H and O–H groups in total. The minimum atomic E-state index is 0.163. The Bertz CT molecular complexity index is 243. The van der Waals surface area contributed by atoms with Crippen LogP contribution in [0, 0.1) is 0 Å². The maximum Gasteiger partial charge on any atom is 0.220 e. The zero-order valence-corrected chi connectivity index (χ0v) is 12.6. The SMILES string of the molecule is CCCCCCCCC(=O)NC1CCCCCC1N. The Morgan fingerprint density at radius 3 is 2.53 bits per heavy atom. The number of carbonyl (C=O) groups is 1. The molecule has 1 aliphatic rings. The van der Waals surface area contributed by atoms with Crippen molar-refractivity contribution in [1.29, 1.82) is 0 Å². The van der Waals surface area contributed by atoms with Crippen LogP contribution in [0.5, 0.6) is 0 Å². The zero-order chi connectivity index (χ0) is 13.9. The molecule has 112 valence electrons. The summed E-state index contributed by atoms with van der Waals surface area (Å²) in [5.74, 6) is 0.206. The second-order valence-corrected chi connectivity index (χ2v) is 5.99. The van der Waals surface area contributed by atoms with Gasteiger partial charge in [0.05, 0.1) is 0 Å². The van der Waals surface area contributed by atoms with Gasteiger partial charge in [-0.2, -0.15) is 0 Å². The first-order chi connectivity index (χ1) is 9.24. The van der Waals surface area contributed by atoms with E-state index in [1.807, 2.05) is 0 Å². The minimum absolute atomic E-state index is 0.163. The number of carbonyl (C=O) groups excluding carboxylic acids is 1. The molecule has 1 rings (SSSR count). The topological polar surface area (TPSA) is 55.1 Å². The van der Waals surface area contributed by atoms with Crippen molar-refractivity contribution in [2.45, 2.75) is 96.1 Å². The highest BCUT2D eigenvalue weighted by molar-refractivity contribution is 5.76. The van der Waals surface area contributed by atoms with Crippen LogP contribution in [0.2, 0.25) is 0 Å². The average molecular weight is 268 g/mol. The lowest BCUT2D eigenvalue weighted by molar-refractivity contribution is -0.122. The van der Waals surface area contributed by atoms with Gasteiger partial charge in [-0.3, -0.25) is 4.79 Å². The third kappa shape index (κ3) is 7.56. The molecule has 0 saturated heterocycles. The van der Waals surface area contributed by atoms with Gasteiger partial charge in [0, 0.05) is 18.5 Å². The number of rotatable bonds is 8. The van der Waals surface area contributed by atoms with Crippen molar-refractivity contribution in [1.82, 2.24) is 5.32 Å². The van der Waals surface area contributed by atoms with E-state index in [2.05, 4.69) is 12.2 Å². The zero-order valence-electron chi connectivity index (χ0n) is 12.6. The molecule has 0 spiro atoms. The van der Waals surface area contributed by atoms with Gasteiger partial charge < -0.3 is 11.1 Å². The number of nitrogens with two attached hydrogens (primary N) is 1. The Morgan fingerprint density at radius 2 is 1.74 bits per heavy atom. The summed E-state index contributed by atoms with van der Waals surface area (Å²) in [5.41, 5.74) is 6.12. The molecule has 0 aromatic carbocycles. The molecule has 2 unspecified atom stereocenters. The van der Waals surface area contributed by atoms with E-state index in [-0.39, 0.29) is 18.0 Å². The summed E-state index contributed by atoms with van der Waals surface area (Å²) in [6, 6.07) is 0.381. The van der Waals surface area contributed by atoms with E-state index >= 15 is 0 Å². The van der Waals surface area contributed by atoms with Crippen LogP contribution in [0.15, 0.2) is 0 Å². The molecular formula is C16H32N2O. The van der Waals surface area contributed by atoms with Gasteiger partial charge in [0.1, 0.15) is 0 Å². The van der Waals surface area contributed by atoms with Crippen LogP contribution in [0.4, 0.5) is 0 Å². The molecule has 0 aromatic rings. The average Bonchev–Trinajstić information content (AvgIpc) is 2.59. The molecule has 0 radical (unpaired) electrons. The lowest BCUT2D eigenvalue weighted by Gasteiger charge is -2.22. The molecule has 1 aliphatic carbocycles. The van der Waals surface area contributed by atoms with Crippen molar-refractivity contribution >= 4 is 5.91 Å². The van der Waals surface area contributed by atoms with Gasteiger partial charge in [-0.05, 0) is 19.3 Å². The molecule has 3 heteroatoms. The lowest BCUT2D eigenvalue weighted by Crippen LogP contribution is -2.46. The molecule has 1 amide bonds. The Labute approximate surface area is 118 Å². The van der Waals surface area contributed by atoms with E-state index in [0.29, 0.717) is 6.42 Å². The summed E-state index contributed by atoms with van der Waals surface area (Å²) < 4.78 is 0. The minimum Gasteiger partial charge on any atom is -0.352 e. The lowest BCUT2D eigenvalue weighted by atomic mass is 10.0. The van der Waals surface area contributed by atoms with Crippen molar-refractivity contribution in [3.8, 4) is 0 Å². The summed E-state index contributed by atoms with van der Waals surface area (Å²) in [6.45, 7) is 2.23. The van der Waals surface area contributed by atoms with Gasteiger partial charge in [-0.15, -0.1) is 0 Å². The summed E-state index contributed by atoms with van der Waals surface area (Å²) >= 11 is 0. The fraction of sp³-hybridized carbons (Fsp3) is 0.938. The van der Waals surface area contributed by atoms with E-state index in [1.54, 1.807) is 0 Å². The molecule has 3 nitrogen and oxygen atoms in total. The quantitative estimate of drug-likeness (QED) is 0.523. The molecule has 1 saturated carbocycles. The molecule has 0 aliphatic heterocycles. The molecular weight excluding hydrogens is 236 g/mol. The van der Waals surface area contributed by atoms with Gasteiger partial charge in [0.15, 0.2) is 0 Å². The number of nitrogens with one attached hydrogen (secondary N) is 1. The molecule has 2 atom stereocenters. The van der Waals surface area contributed by atoms with Crippen molar-refractivity contribution in [3.05, 3.63) is 0 Å². The largest absolute Gasteiger partial charge is 0.352 e. The van der Waals surface area contributed by atoms with Crippen LogP contribution in [0.3, 0.4) is 0 Å². The highest BCUT2D eigenvalue weighted by Crippen LogP contribution is 2.17. The van der Waals surface area contributed by atoms with Gasteiger partial charge in [0.25, 0.3) is 0 Å². The van der Waals surface area contributed by atoms with E-state index < -0.39 is 0 Å². The molecule has 0 heterocycles. The van der Waals surface area contributed by atoms with Crippen LogP contribution >= 0.6 is 0 Å². The smallest absolute Gasteiger partial charge is 0.220 e. The summed E-state index contributed by atoms with van der Waals surface area (Å²) in [5, 5.41) is 3.15. The highest BCUT2D eigenvalue weighted by Gasteiger charge is 2.21. The first-order valence-corrected chi connectivity index (χ1v) is 8.29. The fourth-order valence-corrected chi connectivity index (χ4v) is 2.86. The summed E-state index contributed by atoms with van der Waals surface area (Å²) in [7, 11) is 0. The molecule has 0 aromatic heterocycles. The van der Waals surface area contributed by atoms with E-state index in [9.17, 15) is 4.79 Å². The Kier molecular flexibility index (Phi) is 8.89. The number of amides is 1. The molecule has 1 fully saturated rings. The summed E-state index contributed by atoms with van der Waals surface area (Å²) in [6.07, 6.45) is 13.9. The van der Waals surface area contributed by atoms with E-state index in [4.69, 9.17) is 5.73 Å². The normalized spacial score (nSPS) is 23.9. The second-order valence-electron chi connectivity index (χ2n) is 5.99. The Balaban J connectivity index is 2.09. The first-order valence-electron chi connectivity index (χ1n) is 8.29. The maximum atomic E-state index is 11.9. The monoisotopic (exact) mass is 268 g/mol. The molecule has 0 bridgehead atoms. The van der Waals surface area contributed by atoms with Crippen molar-refractivity contribution in [2.24, 2.45) is 5.73 Å². The van der Waals surface area contributed by atoms with Crippen LogP contribution < -0.4 is 11.1 Å². The predicted molar refractivity (Wildman–Crippen MR) is 81.0 cm³/mol. The maximum absolute atomic E-state index is 11.9.